The van der Waals surface area contributed by atoms with E-state index in [0.717, 1.165) is 6.42 Å². The maximum Gasteiger partial charge on any atom is 0.0343 e. The Morgan fingerprint density at radius 1 is 1.00 bits per heavy atom. The molecule has 1 aromatic rings. The predicted molar refractivity (Wildman–Crippen MR) is 69.6 cm³/mol. The molecular weight excluding hydrogens is 182 g/mol. The predicted octanol–water partition coefficient (Wildman–Crippen LogP) is 4.23. The zero-order chi connectivity index (χ0) is 11.5. The van der Waals surface area contributed by atoms with E-state index >= 15 is 0 Å². The Morgan fingerprint density at radius 3 is 2.40 bits per heavy atom. The lowest BCUT2D eigenvalue weighted by Gasteiger charge is -1.98. The molecule has 1 aliphatic heterocycles. The molecule has 2 rings (SSSR count). The van der Waals surface area contributed by atoms with Crippen LogP contribution in [0.5, 0.6) is 0 Å². The summed E-state index contributed by atoms with van der Waals surface area (Å²) in [4.78, 5) is 4.11. The second-order valence-electron chi connectivity index (χ2n) is 2.57. The number of hydrogen-bond acceptors (Lipinski definition) is 1. The largest absolute Gasteiger partial charge is 0.264 e. The third-order valence-electron chi connectivity index (χ3n) is 1.80. The Bertz CT molecular complexity index is 311. The van der Waals surface area contributed by atoms with Crippen molar-refractivity contribution in [2.45, 2.75) is 34.1 Å². The normalized spacial score (nSPS) is 11.2. The van der Waals surface area contributed by atoms with Gasteiger partial charge >= 0.3 is 0 Å². The molecule has 1 aromatic carbocycles. The SMILES string of the molecule is C1=CN=Cc2ccccc2C1.CC.CC. The van der Waals surface area contributed by atoms with E-state index in [9.17, 15) is 0 Å². The molecule has 0 N–H and O–H groups in total. The fourth-order valence-electron chi connectivity index (χ4n) is 1.21. The Labute approximate surface area is 93.6 Å². The van der Waals surface area contributed by atoms with Crippen LogP contribution in [-0.4, -0.2) is 6.21 Å². The highest BCUT2D eigenvalue weighted by molar-refractivity contribution is 5.82. The number of hydrogen-bond donors (Lipinski definition) is 0. The third-order valence-corrected chi connectivity index (χ3v) is 1.80. The van der Waals surface area contributed by atoms with Gasteiger partial charge < -0.3 is 0 Å². The van der Waals surface area contributed by atoms with E-state index in [1.165, 1.54) is 11.1 Å². The van der Waals surface area contributed by atoms with Crippen molar-refractivity contribution in [3.8, 4) is 0 Å². The Hall–Kier alpha value is -1.37. The molecule has 0 spiro atoms. The molecule has 1 heteroatoms. The standard InChI is InChI=1S/C10H9N.2C2H6/c1-2-5-10-8-11-7-3-6-9(10)4-1;2*1-2/h1-5,7-8H,6H2;2*1-2H3. The lowest BCUT2D eigenvalue weighted by Crippen LogP contribution is -1.87. The van der Waals surface area contributed by atoms with Gasteiger partial charge in [-0.3, -0.25) is 4.99 Å². The van der Waals surface area contributed by atoms with Gasteiger partial charge in [0, 0.05) is 12.4 Å². The molecule has 1 aliphatic rings. The van der Waals surface area contributed by atoms with Crippen molar-refractivity contribution in [1.82, 2.24) is 0 Å². The lowest BCUT2D eigenvalue weighted by atomic mass is 10.1. The minimum atomic E-state index is 0.996. The van der Waals surface area contributed by atoms with E-state index in [-0.39, 0.29) is 0 Å². The molecule has 0 atom stereocenters. The first-order valence-corrected chi connectivity index (χ1v) is 5.73. The van der Waals surface area contributed by atoms with E-state index in [0.29, 0.717) is 0 Å². The number of rotatable bonds is 0. The molecule has 0 aliphatic carbocycles. The molecule has 0 saturated heterocycles. The van der Waals surface area contributed by atoms with Gasteiger partial charge in [0.1, 0.15) is 0 Å². The number of aliphatic imine (C=N–C) groups is 1. The van der Waals surface area contributed by atoms with Crippen molar-refractivity contribution in [3.63, 3.8) is 0 Å². The van der Waals surface area contributed by atoms with Crippen molar-refractivity contribution in [2.75, 3.05) is 0 Å². The zero-order valence-corrected chi connectivity index (χ0v) is 10.2. The summed E-state index contributed by atoms with van der Waals surface area (Å²) in [7, 11) is 0. The molecule has 1 heterocycles. The third kappa shape index (κ3) is 4.59. The molecule has 0 radical (unpaired) electrons. The molecular formula is C14H21N. The summed E-state index contributed by atoms with van der Waals surface area (Å²) >= 11 is 0. The van der Waals surface area contributed by atoms with Crippen molar-refractivity contribution in [1.29, 1.82) is 0 Å². The van der Waals surface area contributed by atoms with Gasteiger partial charge in [-0.2, -0.15) is 0 Å². The van der Waals surface area contributed by atoms with Gasteiger partial charge in [-0.1, -0.05) is 58.0 Å². The summed E-state index contributed by atoms with van der Waals surface area (Å²) < 4.78 is 0. The Kier molecular flexibility index (Phi) is 8.36. The minimum absolute atomic E-state index is 0.996. The van der Waals surface area contributed by atoms with Crippen LogP contribution in [0.4, 0.5) is 0 Å². The summed E-state index contributed by atoms with van der Waals surface area (Å²) in [5.74, 6) is 0. The number of benzene rings is 1. The van der Waals surface area contributed by atoms with Crippen LogP contribution in [0.25, 0.3) is 0 Å². The van der Waals surface area contributed by atoms with Gasteiger partial charge in [-0.15, -0.1) is 0 Å². The summed E-state index contributed by atoms with van der Waals surface area (Å²) in [6.45, 7) is 8.00. The zero-order valence-electron chi connectivity index (χ0n) is 10.2. The molecule has 0 unspecified atom stereocenters. The molecule has 0 amide bonds. The van der Waals surface area contributed by atoms with Crippen LogP contribution >= 0.6 is 0 Å². The van der Waals surface area contributed by atoms with Crippen LogP contribution in [0, 0.1) is 0 Å². The molecule has 0 saturated carbocycles. The smallest absolute Gasteiger partial charge is 0.0343 e. The molecule has 1 nitrogen and oxygen atoms in total. The monoisotopic (exact) mass is 203 g/mol. The molecule has 0 bridgehead atoms. The quantitative estimate of drug-likeness (QED) is 0.598. The van der Waals surface area contributed by atoms with Crippen LogP contribution in [0.3, 0.4) is 0 Å². The van der Waals surface area contributed by atoms with E-state index in [1.54, 1.807) is 0 Å². The van der Waals surface area contributed by atoms with Gasteiger partial charge in [0.15, 0.2) is 0 Å². The van der Waals surface area contributed by atoms with E-state index < -0.39 is 0 Å². The first-order valence-electron chi connectivity index (χ1n) is 5.73. The van der Waals surface area contributed by atoms with Gasteiger partial charge in [0.25, 0.3) is 0 Å². The highest BCUT2D eigenvalue weighted by Gasteiger charge is 1.97. The highest BCUT2D eigenvalue weighted by atomic mass is 14.7. The first kappa shape index (κ1) is 13.6. The maximum atomic E-state index is 4.11. The van der Waals surface area contributed by atoms with Crippen LogP contribution < -0.4 is 0 Å². The van der Waals surface area contributed by atoms with Crippen LogP contribution in [-0.2, 0) is 6.42 Å². The van der Waals surface area contributed by atoms with Gasteiger partial charge in [0.2, 0.25) is 0 Å². The molecule has 0 fully saturated rings. The Balaban J connectivity index is 0.000000442. The van der Waals surface area contributed by atoms with E-state index in [2.05, 4.69) is 29.3 Å². The van der Waals surface area contributed by atoms with Crippen LogP contribution in [0.1, 0.15) is 38.8 Å². The fraction of sp³-hybridized carbons (Fsp3) is 0.357. The average molecular weight is 203 g/mol. The molecule has 82 valence electrons. The summed E-state index contributed by atoms with van der Waals surface area (Å²) in [5, 5.41) is 0. The second-order valence-corrected chi connectivity index (χ2v) is 2.57. The topological polar surface area (TPSA) is 12.4 Å². The van der Waals surface area contributed by atoms with Gasteiger partial charge in [-0.25, -0.2) is 0 Å². The van der Waals surface area contributed by atoms with Crippen molar-refractivity contribution < 1.29 is 0 Å². The number of allylic oxidation sites excluding steroid dienone is 1. The number of fused-ring (bicyclic) bond motifs is 1. The Morgan fingerprint density at radius 2 is 1.67 bits per heavy atom. The molecule has 0 aromatic heterocycles. The van der Waals surface area contributed by atoms with Crippen LogP contribution in [0.15, 0.2) is 41.5 Å². The lowest BCUT2D eigenvalue weighted by molar-refractivity contribution is 1.27. The van der Waals surface area contributed by atoms with E-state index in [4.69, 9.17) is 0 Å². The van der Waals surface area contributed by atoms with E-state index in [1.807, 2.05) is 46.2 Å². The van der Waals surface area contributed by atoms with Gasteiger partial charge in [0.05, 0.1) is 0 Å². The summed E-state index contributed by atoms with van der Waals surface area (Å²) in [6.07, 6.45) is 6.82. The first-order chi connectivity index (χ1) is 7.47. The van der Waals surface area contributed by atoms with Crippen molar-refractivity contribution in [2.24, 2.45) is 4.99 Å². The average Bonchev–Trinajstić information content (AvgIpc) is 2.59. The highest BCUT2D eigenvalue weighted by Crippen LogP contribution is 2.09. The maximum absolute atomic E-state index is 4.11. The summed E-state index contributed by atoms with van der Waals surface area (Å²) in [6, 6.07) is 8.32. The second kappa shape index (κ2) is 9.20. The molecule has 15 heavy (non-hydrogen) atoms. The summed E-state index contributed by atoms with van der Waals surface area (Å²) in [5.41, 5.74) is 2.59. The van der Waals surface area contributed by atoms with Crippen molar-refractivity contribution in [3.05, 3.63) is 47.7 Å². The number of nitrogens with zero attached hydrogens (tertiary/aromatic N) is 1. The fourth-order valence-corrected chi connectivity index (χ4v) is 1.21. The van der Waals surface area contributed by atoms with Gasteiger partial charge in [-0.05, 0) is 17.5 Å². The van der Waals surface area contributed by atoms with Crippen molar-refractivity contribution >= 4 is 6.21 Å². The van der Waals surface area contributed by atoms with Crippen LogP contribution in [0.2, 0.25) is 0 Å². The minimum Gasteiger partial charge on any atom is -0.264 e.